The fraction of sp³-hybridized carbons (Fsp3) is 0.167. The van der Waals surface area contributed by atoms with Crippen LogP contribution in [0.3, 0.4) is 0 Å². The summed E-state index contributed by atoms with van der Waals surface area (Å²) in [5.41, 5.74) is -0.00579. The van der Waals surface area contributed by atoms with Gasteiger partial charge in [0.2, 0.25) is 0 Å². The second kappa shape index (κ2) is 2.07. The van der Waals surface area contributed by atoms with Crippen molar-refractivity contribution in [3.63, 3.8) is 0 Å². The van der Waals surface area contributed by atoms with Gasteiger partial charge in [-0.3, -0.25) is 5.10 Å². The van der Waals surface area contributed by atoms with E-state index in [4.69, 9.17) is 5.11 Å². The minimum atomic E-state index is -1.05. The first-order chi connectivity index (χ1) is 5.66. The Labute approximate surface area is 66.9 Å². The van der Waals surface area contributed by atoms with Crippen molar-refractivity contribution >= 4 is 11.7 Å². The van der Waals surface area contributed by atoms with E-state index in [1.807, 2.05) is 0 Å². The summed E-state index contributed by atoms with van der Waals surface area (Å²) in [7, 11) is 0. The molecule has 0 amide bonds. The average Bonchev–Trinajstić information content (AvgIpc) is 2.42. The largest absolute Gasteiger partial charge is 0.476 e. The molecule has 0 unspecified atom stereocenters. The summed E-state index contributed by atoms with van der Waals surface area (Å²) in [6.45, 7) is 1.77. The second-order valence-electron chi connectivity index (χ2n) is 2.41. The van der Waals surface area contributed by atoms with Gasteiger partial charge in [-0.05, 0) is 6.92 Å². The summed E-state index contributed by atoms with van der Waals surface area (Å²) in [5, 5.41) is 11.4. The van der Waals surface area contributed by atoms with Crippen molar-refractivity contribution in [3.8, 4) is 0 Å². The molecule has 62 valence electrons. The fourth-order valence-electron chi connectivity index (χ4n) is 0.984. The zero-order chi connectivity index (χ0) is 8.72. The third-order valence-corrected chi connectivity index (χ3v) is 1.46. The van der Waals surface area contributed by atoms with Crippen LogP contribution in [-0.2, 0) is 0 Å². The Morgan fingerprint density at radius 3 is 3.00 bits per heavy atom. The first-order valence-electron chi connectivity index (χ1n) is 3.32. The molecule has 2 N–H and O–H groups in total. The molecule has 2 heterocycles. The number of carboxylic acid groups (broad SMARTS) is 1. The summed E-state index contributed by atoms with van der Waals surface area (Å²) >= 11 is 0. The maximum atomic E-state index is 10.4. The van der Waals surface area contributed by atoms with E-state index >= 15 is 0 Å². The maximum absolute atomic E-state index is 10.4. The Hall–Kier alpha value is -1.85. The number of rotatable bonds is 1. The van der Waals surface area contributed by atoms with Crippen molar-refractivity contribution in [1.82, 2.24) is 19.6 Å². The molecule has 6 heteroatoms. The van der Waals surface area contributed by atoms with Crippen molar-refractivity contribution in [1.29, 1.82) is 0 Å². The van der Waals surface area contributed by atoms with E-state index in [2.05, 4.69) is 15.1 Å². The summed E-state index contributed by atoms with van der Waals surface area (Å²) in [6, 6.07) is 0. The molecule has 0 bridgehead atoms. The molecule has 0 atom stereocenters. The number of hydrogen-bond donors (Lipinski definition) is 2. The van der Waals surface area contributed by atoms with Crippen LogP contribution in [0, 0.1) is 6.92 Å². The molecule has 0 aliphatic carbocycles. The average molecular weight is 166 g/mol. The summed E-state index contributed by atoms with van der Waals surface area (Å²) in [6.07, 6.45) is 1.39. The predicted octanol–water partition coefficient (Wildman–Crippen LogP) is 0.0640. The number of carbonyl (C=O) groups is 1. The molecular formula is C6H6N4O2. The molecule has 0 aliphatic heterocycles. The number of H-pyrrole nitrogens is 1. The van der Waals surface area contributed by atoms with Gasteiger partial charge >= 0.3 is 5.97 Å². The molecule has 0 spiro atoms. The van der Waals surface area contributed by atoms with E-state index in [0.717, 1.165) is 0 Å². The maximum Gasteiger partial charge on any atom is 0.356 e. The van der Waals surface area contributed by atoms with Gasteiger partial charge in [0.15, 0.2) is 5.69 Å². The molecule has 6 nitrogen and oxygen atoms in total. The second-order valence-corrected chi connectivity index (χ2v) is 2.41. The lowest BCUT2D eigenvalue weighted by Crippen LogP contribution is -1.95. The topological polar surface area (TPSA) is 83.3 Å². The number of aromatic nitrogens is 4. The van der Waals surface area contributed by atoms with Gasteiger partial charge in [-0.25, -0.2) is 14.3 Å². The molecule has 0 aliphatic rings. The molecular weight excluding hydrogens is 160 g/mol. The van der Waals surface area contributed by atoms with Gasteiger partial charge in [0.25, 0.3) is 5.78 Å². The number of imidazole rings is 1. The number of aryl methyl sites for hydroxylation is 1. The van der Waals surface area contributed by atoms with Crippen LogP contribution in [0.2, 0.25) is 0 Å². The normalized spacial score (nSPS) is 10.8. The van der Waals surface area contributed by atoms with Crippen LogP contribution in [-0.4, -0.2) is 30.7 Å². The molecule has 2 rings (SSSR count). The van der Waals surface area contributed by atoms with Crippen molar-refractivity contribution in [3.05, 3.63) is 17.7 Å². The first kappa shape index (κ1) is 6.84. The fourth-order valence-corrected chi connectivity index (χ4v) is 0.984. The Morgan fingerprint density at radius 1 is 1.67 bits per heavy atom. The van der Waals surface area contributed by atoms with Gasteiger partial charge in [0.05, 0.1) is 6.20 Å². The van der Waals surface area contributed by atoms with Gasteiger partial charge in [-0.1, -0.05) is 0 Å². The highest BCUT2D eigenvalue weighted by Crippen LogP contribution is 2.01. The zero-order valence-electron chi connectivity index (χ0n) is 6.27. The molecule has 2 aromatic heterocycles. The number of nitrogens with zero attached hydrogens (tertiary/aromatic N) is 3. The van der Waals surface area contributed by atoms with E-state index in [1.54, 1.807) is 6.92 Å². The van der Waals surface area contributed by atoms with E-state index in [-0.39, 0.29) is 5.69 Å². The van der Waals surface area contributed by atoms with Gasteiger partial charge in [-0.2, -0.15) is 4.98 Å². The number of hydrogen-bond acceptors (Lipinski definition) is 3. The zero-order valence-corrected chi connectivity index (χ0v) is 6.27. The van der Waals surface area contributed by atoms with E-state index in [0.29, 0.717) is 11.6 Å². The molecule has 0 saturated carbocycles. The highest BCUT2D eigenvalue weighted by atomic mass is 16.4. The van der Waals surface area contributed by atoms with E-state index in [1.165, 1.54) is 10.7 Å². The lowest BCUT2D eigenvalue weighted by atomic mass is 10.5. The standard InChI is InChI=1S/C6H6N4O2/c1-3-7-6-8-4(5(11)12)2-10(6)9-3/h2H,1H3,(H,11,12)(H,7,8,9). The van der Waals surface area contributed by atoms with Crippen molar-refractivity contribution < 1.29 is 9.90 Å². The van der Waals surface area contributed by atoms with Gasteiger partial charge in [-0.15, -0.1) is 0 Å². The summed E-state index contributed by atoms with van der Waals surface area (Å²) < 4.78 is 1.47. The quantitative estimate of drug-likeness (QED) is 0.627. The third kappa shape index (κ3) is 0.849. The number of carboxylic acids is 1. The van der Waals surface area contributed by atoms with Gasteiger partial charge in [0, 0.05) is 0 Å². The number of nitrogens with one attached hydrogen (secondary N) is 1. The third-order valence-electron chi connectivity index (χ3n) is 1.46. The summed E-state index contributed by atoms with van der Waals surface area (Å²) in [4.78, 5) is 18.1. The monoisotopic (exact) mass is 166 g/mol. The molecule has 0 radical (unpaired) electrons. The lowest BCUT2D eigenvalue weighted by Gasteiger charge is -1.81. The highest BCUT2D eigenvalue weighted by Gasteiger charge is 2.10. The predicted molar refractivity (Wildman–Crippen MR) is 39.0 cm³/mol. The van der Waals surface area contributed by atoms with Crippen LogP contribution in [0.25, 0.3) is 5.78 Å². The highest BCUT2D eigenvalue weighted by molar-refractivity contribution is 5.85. The van der Waals surface area contributed by atoms with Gasteiger partial charge < -0.3 is 5.11 Å². The molecule has 0 fully saturated rings. The number of aromatic amines is 1. The van der Waals surface area contributed by atoms with Crippen LogP contribution in [0.4, 0.5) is 0 Å². The summed E-state index contributed by atoms with van der Waals surface area (Å²) in [5.74, 6) is 0.0332. The Bertz CT molecular complexity index is 410. The first-order valence-corrected chi connectivity index (χ1v) is 3.32. The van der Waals surface area contributed by atoms with Crippen molar-refractivity contribution in [2.45, 2.75) is 6.92 Å². The van der Waals surface area contributed by atoms with Crippen LogP contribution < -0.4 is 0 Å². The van der Waals surface area contributed by atoms with Crippen molar-refractivity contribution in [2.24, 2.45) is 0 Å². The molecule has 0 aromatic carbocycles. The van der Waals surface area contributed by atoms with E-state index in [9.17, 15) is 4.79 Å². The lowest BCUT2D eigenvalue weighted by molar-refractivity contribution is 0.0691. The number of fused-ring (bicyclic) bond motifs is 1. The Kier molecular flexibility index (Phi) is 1.18. The SMILES string of the molecule is Cc1nc2nc(C(=O)O)cn2[nH]1. The Morgan fingerprint density at radius 2 is 2.42 bits per heavy atom. The van der Waals surface area contributed by atoms with Gasteiger partial charge in [0.1, 0.15) is 5.82 Å². The van der Waals surface area contributed by atoms with Crippen LogP contribution >= 0.6 is 0 Å². The molecule has 0 saturated heterocycles. The van der Waals surface area contributed by atoms with Crippen LogP contribution in [0.15, 0.2) is 6.20 Å². The van der Waals surface area contributed by atoms with Crippen LogP contribution in [0.5, 0.6) is 0 Å². The molecule has 12 heavy (non-hydrogen) atoms. The minimum absolute atomic E-state index is 0.00579. The van der Waals surface area contributed by atoms with E-state index < -0.39 is 5.97 Å². The van der Waals surface area contributed by atoms with Crippen LogP contribution in [0.1, 0.15) is 16.3 Å². The Balaban J connectivity index is 2.64. The smallest absolute Gasteiger partial charge is 0.356 e. The number of aromatic carboxylic acids is 1. The molecule has 2 aromatic rings. The minimum Gasteiger partial charge on any atom is -0.476 e. The van der Waals surface area contributed by atoms with Crippen molar-refractivity contribution in [2.75, 3.05) is 0 Å².